The molecule has 1 amide bonds. The van der Waals surface area contributed by atoms with Gasteiger partial charge in [-0.3, -0.25) is 4.79 Å². The zero-order valence-corrected chi connectivity index (χ0v) is 16.4. The van der Waals surface area contributed by atoms with Crippen LogP contribution in [0.15, 0.2) is 47.6 Å². The van der Waals surface area contributed by atoms with E-state index in [1.165, 1.54) is 10.6 Å². The minimum absolute atomic E-state index is 0.209. The Hall–Kier alpha value is -2.28. The Morgan fingerprint density at radius 3 is 2.59 bits per heavy atom. The van der Waals surface area contributed by atoms with Crippen molar-refractivity contribution in [3.63, 3.8) is 0 Å². The highest BCUT2D eigenvalue weighted by atomic mass is 32.2. The number of piperazine rings is 1. The summed E-state index contributed by atoms with van der Waals surface area (Å²) in [4.78, 5) is 29.2. The van der Waals surface area contributed by atoms with Crippen LogP contribution in [0.2, 0.25) is 0 Å². The zero-order valence-electron chi connectivity index (χ0n) is 15.6. The van der Waals surface area contributed by atoms with E-state index in [2.05, 4.69) is 51.0 Å². The van der Waals surface area contributed by atoms with Crippen molar-refractivity contribution in [3.05, 3.63) is 42.7 Å². The first kappa shape index (κ1) is 18.1. The minimum Gasteiger partial charge on any atom is -0.360 e. The molecule has 0 spiro atoms. The Kier molecular flexibility index (Phi) is 5.48. The summed E-state index contributed by atoms with van der Waals surface area (Å²) in [5.74, 6) is 0.956. The fraction of sp³-hybridized carbons (Fsp3) is 0.450. The quantitative estimate of drug-likeness (QED) is 0.809. The van der Waals surface area contributed by atoms with Crippen LogP contribution in [0.4, 0.5) is 11.6 Å². The highest BCUT2D eigenvalue weighted by Crippen LogP contribution is 2.39. The number of aromatic nitrogens is 2. The van der Waals surface area contributed by atoms with Gasteiger partial charge < -0.3 is 14.7 Å². The summed E-state index contributed by atoms with van der Waals surface area (Å²) in [6.07, 6.45) is 4.63. The molecular formula is C20H25N5OS. The average Bonchev–Trinajstić information content (AvgIpc) is 2.74. The molecular weight excluding hydrogens is 358 g/mol. The molecule has 3 heterocycles. The van der Waals surface area contributed by atoms with Crippen molar-refractivity contribution in [2.75, 3.05) is 49.1 Å². The van der Waals surface area contributed by atoms with Gasteiger partial charge in [-0.15, -0.1) is 11.8 Å². The number of anilines is 2. The Morgan fingerprint density at radius 1 is 1.11 bits per heavy atom. The predicted octanol–water partition coefficient (Wildman–Crippen LogP) is 2.52. The molecule has 0 bridgehead atoms. The van der Waals surface area contributed by atoms with E-state index >= 15 is 0 Å². The van der Waals surface area contributed by atoms with Crippen molar-refractivity contribution >= 4 is 29.3 Å². The Balaban J connectivity index is 1.38. The lowest BCUT2D eigenvalue weighted by Crippen LogP contribution is -2.52. The lowest BCUT2D eigenvalue weighted by atomic mass is 10.2. The number of hydrogen-bond donors (Lipinski definition) is 0. The molecule has 1 unspecified atom stereocenters. The Labute approximate surface area is 164 Å². The van der Waals surface area contributed by atoms with E-state index in [1.54, 1.807) is 12.4 Å². The van der Waals surface area contributed by atoms with Gasteiger partial charge in [0, 0.05) is 55.3 Å². The third-order valence-corrected chi connectivity index (χ3v) is 6.59. The zero-order chi connectivity index (χ0) is 18.6. The molecule has 2 aliphatic heterocycles. The topological polar surface area (TPSA) is 52.6 Å². The van der Waals surface area contributed by atoms with E-state index in [1.807, 2.05) is 22.7 Å². The minimum atomic E-state index is 0.209. The number of amides is 1. The van der Waals surface area contributed by atoms with E-state index in [0.717, 1.165) is 45.1 Å². The van der Waals surface area contributed by atoms with Crippen LogP contribution in [0, 0.1) is 0 Å². The number of nitrogens with zero attached hydrogens (tertiary/aromatic N) is 5. The normalized spacial score (nSPS) is 19.7. The molecule has 142 valence electrons. The second-order valence-corrected chi connectivity index (χ2v) is 8.26. The van der Waals surface area contributed by atoms with Gasteiger partial charge in [-0.05, 0) is 24.6 Å². The lowest BCUT2D eigenvalue weighted by Gasteiger charge is -2.38. The smallest absolute Gasteiger partial charge is 0.242 e. The van der Waals surface area contributed by atoms with Crippen molar-refractivity contribution < 1.29 is 4.79 Å². The molecule has 2 aliphatic rings. The van der Waals surface area contributed by atoms with Crippen LogP contribution in [0.25, 0.3) is 0 Å². The second-order valence-electron chi connectivity index (χ2n) is 6.91. The van der Waals surface area contributed by atoms with Crippen molar-refractivity contribution in [2.24, 2.45) is 0 Å². The Bertz CT molecular complexity index is 779. The summed E-state index contributed by atoms with van der Waals surface area (Å²) in [5.41, 5.74) is 1.19. The van der Waals surface area contributed by atoms with E-state index in [-0.39, 0.29) is 5.91 Å². The number of hydrogen-bond acceptors (Lipinski definition) is 6. The maximum absolute atomic E-state index is 12.9. The first-order chi connectivity index (χ1) is 13.2. The third kappa shape index (κ3) is 4.03. The first-order valence-electron chi connectivity index (χ1n) is 9.55. The number of carbonyl (C=O) groups is 1. The maximum Gasteiger partial charge on any atom is 0.242 e. The summed E-state index contributed by atoms with van der Waals surface area (Å²) in [6.45, 7) is 6.60. The summed E-state index contributed by atoms with van der Waals surface area (Å²) in [6, 6.07) is 10.3. The molecule has 1 aromatic heterocycles. The first-order valence-corrected chi connectivity index (χ1v) is 10.4. The predicted molar refractivity (Wildman–Crippen MR) is 109 cm³/mol. The van der Waals surface area contributed by atoms with E-state index in [9.17, 15) is 4.79 Å². The van der Waals surface area contributed by atoms with Crippen LogP contribution in [-0.2, 0) is 4.79 Å². The van der Waals surface area contributed by atoms with Crippen LogP contribution in [0.1, 0.15) is 13.3 Å². The third-order valence-electron chi connectivity index (χ3n) is 5.17. The molecule has 1 atom stereocenters. The van der Waals surface area contributed by atoms with Crippen LogP contribution in [0.3, 0.4) is 0 Å². The fourth-order valence-electron chi connectivity index (χ4n) is 3.61. The van der Waals surface area contributed by atoms with Crippen LogP contribution < -0.4 is 9.80 Å². The Morgan fingerprint density at radius 2 is 1.85 bits per heavy atom. The largest absolute Gasteiger partial charge is 0.360 e. The van der Waals surface area contributed by atoms with Crippen LogP contribution >= 0.6 is 11.8 Å². The van der Waals surface area contributed by atoms with Gasteiger partial charge in [0.25, 0.3) is 0 Å². The average molecular weight is 384 g/mol. The van der Waals surface area contributed by atoms with Gasteiger partial charge in [-0.1, -0.05) is 19.1 Å². The molecule has 6 nitrogen and oxygen atoms in total. The monoisotopic (exact) mass is 383 g/mol. The standard InChI is InChI=1S/C20H25N5OS/c1-2-16-14-25(17-6-3-4-7-18(17)27-16)15-19(26)23-10-12-24(13-11-23)20-21-8-5-9-22-20/h3-9,16H,2,10-15H2,1H3. The SMILES string of the molecule is CCC1CN(CC(=O)N2CCN(c3ncccn3)CC2)c2ccccc2S1. The van der Waals surface area contributed by atoms with Crippen LogP contribution in [-0.4, -0.2) is 65.3 Å². The number of thioether (sulfide) groups is 1. The molecule has 1 fully saturated rings. The van der Waals surface area contributed by atoms with Gasteiger partial charge >= 0.3 is 0 Å². The number of carbonyl (C=O) groups excluding carboxylic acids is 1. The molecule has 7 heteroatoms. The van der Waals surface area contributed by atoms with Gasteiger partial charge in [0.2, 0.25) is 11.9 Å². The number of para-hydroxylation sites is 1. The van der Waals surface area contributed by atoms with Gasteiger partial charge in [-0.25, -0.2) is 9.97 Å². The molecule has 1 saturated heterocycles. The molecule has 0 radical (unpaired) electrons. The number of rotatable bonds is 4. The lowest BCUT2D eigenvalue weighted by molar-refractivity contribution is -0.130. The van der Waals surface area contributed by atoms with Crippen molar-refractivity contribution in [1.29, 1.82) is 0 Å². The number of fused-ring (bicyclic) bond motifs is 1. The van der Waals surface area contributed by atoms with Gasteiger partial charge in [-0.2, -0.15) is 0 Å². The fourth-order valence-corrected chi connectivity index (χ4v) is 4.87. The molecule has 4 rings (SSSR count). The van der Waals surface area contributed by atoms with Crippen LogP contribution in [0.5, 0.6) is 0 Å². The van der Waals surface area contributed by atoms with E-state index in [4.69, 9.17) is 0 Å². The summed E-state index contributed by atoms with van der Waals surface area (Å²) in [7, 11) is 0. The molecule has 0 N–H and O–H groups in total. The van der Waals surface area contributed by atoms with Gasteiger partial charge in [0.1, 0.15) is 0 Å². The van der Waals surface area contributed by atoms with Crippen molar-refractivity contribution in [2.45, 2.75) is 23.5 Å². The van der Waals surface area contributed by atoms with Gasteiger partial charge in [0.15, 0.2) is 0 Å². The maximum atomic E-state index is 12.9. The highest BCUT2D eigenvalue weighted by molar-refractivity contribution is 8.00. The van der Waals surface area contributed by atoms with E-state index < -0.39 is 0 Å². The molecule has 27 heavy (non-hydrogen) atoms. The van der Waals surface area contributed by atoms with Gasteiger partial charge in [0.05, 0.1) is 12.2 Å². The molecule has 0 aliphatic carbocycles. The molecule has 0 saturated carbocycles. The van der Waals surface area contributed by atoms with Crippen molar-refractivity contribution in [3.8, 4) is 0 Å². The summed E-state index contributed by atoms with van der Waals surface area (Å²) in [5, 5.41) is 0.541. The van der Waals surface area contributed by atoms with Crippen molar-refractivity contribution in [1.82, 2.24) is 14.9 Å². The molecule has 2 aromatic rings. The summed E-state index contributed by atoms with van der Waals surface area (Å²) < 4.78 is 0. The number of benzene rings is 1. The van der Waals surface area contributed by atoms with E-state index in [0.29, 0.717) is 11.8 Å². The summed E-state index contributed by atoms with van der Waals surface area (Å²) >= 11 is 1.93. The highest BCUT2D eigenvalue weighted by Gasteiger charge is 2.28. The molecule has 1 aromatic carbocycles. The second kappa shape index (κ2) is 8.17.